The lowest BCUT2D eigenvalue weighted by atomic mass is 9.80. The maximum atomic E-state index is 11.3. The van der Waals surface area contributed by atoms with Gasteiger partial charge >= 0.3 is 5.97 Å². The minimum absolute atomic E-state index is 0.0602. The third-order valence-corrected chi connectivity index (χ3v) is 3.49. The van der Waals surface area contributed by atoms with E-state index in [0.29, 0.717) is 0 Å². The van der Waals surface area contributed by atoms with Crippen LogP contribution in [0, 0.1) is 0 Å². The SMILES string of the molecule is C=CC(=O)OC1CCC(C)(C)N(OC)C1(C)C. The van der Waals surface area contributed by atoms with Crippen LogP contribution in [0.4, 0.5) is 0 Å². The zero-order valence-corrected chi connectivity index (χ0v) is 11.4. The van der Waals surface area contributed by atoms with E-state index in [4.69, 9.17) is 9.57 Å². The summed E-state index contributed by atoms with van der Waals surface area (Å²) in [5.41, 5.74) is -0.412. The van der Waals surface area contributed by atoms with Crippen molar-refractivity contribution in [1.29, 1.82) is 0 Å². The summed E-state index contributed by atoms with van der Waals surface area (Å²) in [6.07, 6.45) is 2.77. The Morgan fingerprint density at radius 2 is 2.00 bits per heavy atom. The van der Waals surface area contributed by atoms with Crippen molar-refractivity contribution in [3.05, 3.63) is 12.7 Å². The van der Waals surface area contributed by atoms with Crippen molar-refractivity contribution in [2.45, 2.75) is 57.7 Å². The fourth-order valence-corrected chi connectivity index (χ4v) is 2.72. The van der Waals surface area contributed by atoms with Crippen LogP contribution >= 0.6 is 0 Å². The molecule has 1 rings (SSSR count). The smallest absolute Gasteiger partial charge is 0.330 e. The normalized spacial score (nSPS) is 27.5. The van der Waals surface area contributed by atoms with E-state index in [1.807, 2.05) is 18.9 Å². The second-order valence-corrected chi connectivity index (χ2v) is 5.61. The molecule has 0 aromatic rings. The van der Waals surface area contributed by atoms with Gasteiger partial charge in [0.25, 0.3) is 0 Å². The molecule has 0 radical (unpaired) electrons. The van der Waals surface area contributed by atoms with Gasteiger partial charge in [0, 0.05) is 11.6 Å². The Balaban J connectivity index is 2.90. The van der Waals surface area contributed by atoms with Crippen LogP contribution in [-0.2, 0) is 14.4 Å². The van der Waals surface area contributed by atoms with Crippen LogP contribution in [0.2, 0.25) is 0 Å². The third-order valence-electron chi connectivity index (χ3n) is 3.49. The zero-order valence-electron chi connectivity index (χ0n) is 11.4. The van der Waals surface area contributed by atoms with Gasteiger partial charge in [0.15, 0.2) is 0 Å². The summed E-state index contributed by atoms with van der Waals surface area (Å²) in [6, 6.07) is 0. The number of hydroxylamine groups is 2. The molecule has 1 aliphatic heterocycles. The van der Waals surface area contributed by atoms with Gasteiger partial charge in [-0.1, -0.05) is 6.58 Å². The summed E-state index contributed by atoms with van der Waals surface area (Å²) in [5, 5.41) is 1.92. The van der Waals surface area contributed by atoms with E-state index in [9.17, 15) is 4.79 Å². The third kappa shape index (κ3) is 2.69. The molecule has 17 heavy (non-hydrogen) atoms. The summed E-state index contributed by atoms with van der Waals surface area (Å²) >= 11 is 0. The standard InChI is InChI=1S/C13H23NO3/c1-7-11(15)17-10-8-9-12(2,3)14(16-6)13(10,4)5/h7,10H,1,8-9H2,2-6H3. The van der Waals surface area contributed by atoms with Crippen molar-refractivity contribution in [2.24, 2.45) is 0 Å². The molecule has 0 aromatic carbocycles. The van der Waals surface area contributed by atoms with Gasteiger partial charge in [-0.2, -0.15) is 5.06 Å². The molecule has 0 amide bonds. The highest BCUT2D eigenvalue weighted by Gasteiger charge is 2.49. The molecule has 1 fully saturated rings. The van der Waals surface area contributed by atoms with Gasteiger partial charge in [-0.05, 0) is 40.5 Å². The van der Waals surface area contributed by atoms with Crippen molar-refractivity contribution in [1.82, 2.24) is 5.06 Å². The van der Waals surface area contributed by atoms with Crippen LogP contribution in [0.15, 0.2) is 12.7 Å². The molecule has 4 nitrogen and oxygen atoms in total. The van der Waals surface area contributed by atoms with Crippen LogP contribution in [0.25, 0.3) is 0 Å². The maximum absolute atomic E-state index is 11.3. The highest BCUT2D eigenvalue weighted by Crippen LogP contribution is 2.39. The number of hydrogen-bond acceptors (Lipinski definition) is 4. The average Bonchev–Trinajstić information content (AvgIpc) is 2.21. The average molecular weight is 241 g/mol. The first-order valence-electron chi connectivity index (χ1n) is 5.93. The Bertz CT molecular complexity index is 310. The first kappa shape index (κ1) is 14.2. The Labute approximate surface area is 104 Å². The Morgan fingerprint density at radius 3 is 2.47 bits per heavy atom. The second kappa shape index (κ2) is 4.78. The van der Waals surface area contributed by atoms with Crippen LogP contribution in [0.5, 0.6) is 0 Å². The van der Waals surface area contributed by atoms with E-state index in [-0.39, 0.29) is 23.2 Å². The molecule has 4 heteroatoms. The molecule has 0 aromatic heterocycles. The monoisotopic (exact) mass is 241 g/mol. The van der Waals surface area contributed by atoms with Crippen molar-refractivity contribution in [3.63, 3.8) is 0 Å². The molecule has 1 unspecified atom stereocenters. The number of rotatable bonds is 3. The van der Waals surface area contributed by atoms with E-state index in [1.165, 1.54) is 6.08 Å². The molecule has 1 saturated heterocycles. The second-order valence-electron chi connectivity index (χ2n) is 5.61. The lowest BCUT2D eigenvalue weighted by Gasteiger charge is -2.53. The quantitative estimate of drug-likeness (QED) is 0.561. The van der Waals surface area contributed by atoms with Crippen molar-refractivity contribution < 1.29 is 14.4 Å². The molecule has 0 spiro atoms. The Kier molecular flexibility index (Phi) is 3.99. The fourth-order valence-electron chi connectivity index (χ4n) is 2.72. The number of piperidine rings is 1. The zero-order chi connectivity index (χ0) is 13.3. The van der Waals surface area contributed by atoms with Crippen molar-refractivity contribution in [2.75, 3.05) is 7.11 Å². The molecule has 0 N–H and O–H groups in total. The maximum Gasteiger partial charge on any atom is 0.330 e. The fraction of sp³-hybridized carbons (Fsp3) is 0.769. The number of ether oxygens (including phenoxy) is 1. The highest BCUT2D eigenvalue weighted by atomic mass is 16.7. The van der Waals surface area contributed by atoms with Crippen LogP contribution in [-0.4, -0.2) is 35.3 Å². The first-order valence-corrected chi connectivity index (χ1v) is 5.93. The number of carbonyl (C=O) groups is 1. The summed E-state index contributed by atoms with van der Waals surface area (Å²) in [4.78, 5) is 16.8. The minimum Gasteiger partial charge on any atom is -0.457 e. The summed E-state index contributed by atoms with van der Waals surface area (Å²) in [7, 11) is 1.65. The highest BCUT2D eigenvalue weighted by molar-refractivity contribution is 5.81. The van der Waals surface area contributed by atoms with Gasteiger partial charge in [-0.25, -0.2) is 4.79 Å². The largest absolute Gasteiger partial charge is 0.457 e. The van der Waals surface area contributed by atoms with Gasteiger partial charge in [-0.15, -0.1) is 0 Å². The molecule has 98 valence electrons. The van der Waals surface area contributed by atoms with E-state index in [0.717, 1.165) is 12.8 Å². The first-order chi connectivity index (χ1) is 7.75. The molecule has 1 heterocycles. The van der Waals surface area contributed by atoms with Gasteiger partial charge < -0.3 is 9.57 Å². The lowest BCUT2D eigenvalue weighted by Crippen LogP contribution is -2.64. The number of hydrogen-bond donors (Lipinski definition) is 0. The van der Waals surface area contributed by atoms with Crippen LogP contribution in [0.3, 0.4) is 0 Å². The van der Waals surface area contributed by atoms with Gasteiger partial charge in [0.1, 0.15) is 6.10 Å². The van der Waals surface area contributed by atoms with E-state index >= 15 is 0 Å². The topological polar surface area (TPSA) is 38.8 Å². The molecular formula is C13H23NO3. The lowest BCUT2D eigenvalue weighted by molar-refractivity contribution is -0.289. The molecule has 0 bridgehead atoms. The summed E-state index contributed by atoms with van der Waals surface area (Å²) in [5.74, 6) is -0.376. The summed E-state index contributed by atoms with van der Waals surface area (Å²) in [6.45, 7) is 11.7. The number of carbonyl (C=O) groups excluding carboxylic acids is 1. The van der Waals surface area contributed by atoms with Gasteiger partial charge in [0.05, 0.1) is 12.6 Å². The van der Waals surface area contributed by atoms with Gasteiger partial charge in [0.2, 0.25) is 0 Å². The molecular weight excluding hydrogens is 218 g/mol. The molecule has 1 aliphatic rings. The molecule has 0 saturated carbocycles. The van der Waals surface area contributed by atoms with Crippen molar-refractivity contribution in [3.8, 4) is 0 Å². The summed E-state index contributed by atoms with van der Waals surface area (Å²) < 4.78 is 5.40. The van der Waals surface area contributed by atoms with Crippen LogP contribution in [0.1, 0.15) is 40.5 Å². The van der Waals surface area contributed by atoms with E-state index in [1.54, 1.807) is 7.11 Å². The Hall–Kier alpha value is -0.870. The molecule has 1 atom stereocenters. The number of esters is 1. The molecule has 0 aliphatic carbocycles. The van der Waals surface area contributed by atoms with Gasteiger partial charge in [-0.3, -0.25) is 0 Å². The Morgan fingerprint density at radius 1 is 1.41 bits per heavy atom. The van der Waals surface area contributed by atoms with Crippen LogP contribution < -0.4 is 0 Å². The predicted molar refractivity (Wildman–Crippen MR) is 66.3 cm³/mol. The predicted octanol–water partition coefficient (Wildman–Crippen LogP) is 2.30. The van der Waals surface area contributed by atoms with E-state index < -0.39 is 0 Å². The number of nitrogens with zero attached hydrogens (tertiary/aromatic N) is 1. The van der Waals surface area contributed by atoms with Crippen molar-refractivity contribution >= 4 is 5.97 Å². The van der Waals surface area contributed by atoms with E-state index in [2.05, 4.69) is 20.4 Å². The minimum atomic E-state index is -0.376.